The predicted molar refractivity (Wildman–Crippen MR) is 183 cm³/mol. The Morgan fingerprint density at radius 3 is 2.43 bits per heavy atom. The smallest absolute Gasteiger partial charge is 0.255 e. The van der Waals surface area contributed by atoms with Crippen LogP contribution < -0.4 is 15.4 Å². The number of carbonyl (C=O) groups is 1. The van der Waals surface area contributed by atoms with Gasteiger partial charge in [-0.05, 0) is 48.9 Å². The largest absolute Gasteiger partial charge is 0.492 e. The predicted octanol–water partition coefficient (Wildman–Crippen LogP) is 3.14. The Morgan fingerprint density at radius 2 is 1.69 bits per heavy atom. The van der Waals surface area contributed by atoms with Gasteiger partial charge in [0.05, 0.1) is 31.1 Å². The fourth-order valence-electron chi connectivity index (χ4n) is 6.69. The van der Waals surface area contributed by atoms with E-state index in [4.69, 9.17) is 34.7 Å². The number of benzene rings is 2. The number of fused-ring (bicyclic) bond motifs is 3. The number of nitrogens with two attached hydrogens (primary N) is 1. The molecule has 2 saturated heterocycles. The zero-order valence-corrected chi connectivity index (χ0v) is 27.3. The van der Waals surface area contributed by atoms with E-state index < -0.39 is 5.54 Å². The number of aromatic nitrogens is 6. The van der Waals surface area contributed by atoms with Gasteiger partial charge in [0.15, 0.2) is 22.6 Å². The molecule has 2 fully saturated rings. The van der Waals surface area contributed by atoms with E-state index in [0.29, 0.717) is 61.1 Å². The van der Waals surface area contributed by atoms with Gasteiger partial charge in [-0.2, -0.15) is 14.6 Å². The van der Waals surface area contributed by atoms with Gasteiger partial charge in [-0.1, -0.05) is 30.3 Å². The average Bonchev–Trinajstić information content (AvgIpc) is 3.93. The van der Waals surface area contributed by atoms with Crippen molar-refractivity contribution in [2.45, 2.75) is 12.5 Å². The second-order valence-electron chi connectivity index (χ2n) is 12.4. The molecule has 0 unspecified atom stereocenters. The minimum absolute atomic E-state index is 0.0784. The number of nitrogen functional groups attached to an aromatic ring is 1. The van der Waals surface area contributed by atoms with Gasteiger partial charge in [0, 0.05) is 51.5 Å². The standard InChI is InChI=1S/C35H38N10O4/c1-35(25-6-3-2-4-7-25,45-32-28(24-37-45)31-38-30(29-8-5-20-49-29)40-44(31)34(36)39-32)33(46)43-15-13-42(14-16-43)26-9-11-27(12-10-26)48-23-19-41-17-21-47-22-18-41/h2-12,20,24H,13-19,21-23H2,1H3,(H2,36,39)/t35-/m0/s1. The van der Waals surface area contributed by atoms with Crippen molar-refractivity contribution in [3.05, 3.63) is 84.8 Å². The number of ether oxygens (including phenoxy) is 2. The number of nitrogens with zero attached hydrogens (tertiary/aromatic N) is 9. The molecule has 6 aromatic rings. The van der Waals surface area contributed by atoms with Crippen LogP contribution >= 0.6 is 0 Å². The van der Waals surface area contributed by atoms with Crippen LogP contribution in [0, 0.1) is 0 Å². The normalized spacial score (nSPS) is 17.1. The lowest BCUT2D eigenvalue weighted by molar-refractivity contribution is -0.138. The van der Waals surface area contributed by atoms with Gasteiger partial charge in [0.2, 0.25) is 11.8 Å². The fraction of sp³-hybridized carbons (Fsp3) is 0.343. The summed E-state index contributed by atoms with van der Waals surface area (Å²) < 4.78 is 20.1. The molecule has 2 N–H and O–H groups in total. The summed E-state index contributed by atoms with van der Waals surface area (Å²) >= 11 is 0. The lowest BCUT2D eigenvalue weighted by Crippen LogP contribution is -2.56. The van der Waals surface area contributed by atoms with E-state index in [9.17, 15) is 4.79 Å². The molecule has 1 atom stereocenters. The number of anilines is 2. The van der Waals surface area contributed by atoms with Crippen LogP contribution in [0.5, 0.6) is 5.75 Å². The van der Waals surface area contributed by atoms with Crippen LogP contribution in [0.25, 0.3) is 28.3 Å². The Kier molecular flexibility index (Phi) is 8.09. The van der Waals surface area contributed by atoms with Crippen molar-refractivity contribution in [3.8, 4) is 17.3 Å². The van der Waals surface area contributed by atoms with Gasteiger partial charge in [-0.3, -0.25) is 9.69 Å². The van der Waals surface area contributed by atoms with Crippen molar-refractivity contribution >= 4 is 34.2 Å². The lowest BCUT2D eigenvalue weighted by Gasteiger charge is -2.40. The van der Waals surface area contributed by atoms with Crippen molar-refractivity contribution < 1.29 is 18.7 Å². The molecule has 1 amide bonds. The van der Waals surface area contributed by atoms with Crippen molar-refractivity contribution in [3.63, 3.8) is 0 Å². The molecule has 0 radical (unpaired) electrons. The zero-order valence-electron chi connectivity index (χ0n) is 27.3. The maximum absolute atomic E-state index is 14.7. The molecule has 0 saturated carbocycles. The summed E-state index contributed by atoms with van der Waals surface area (Å²) in [6, 6.07) is 21.4. The molecule has 8 rings (SSSR count). The second-order valence-corrected chi connectivity index (χ2v) is 12.4. The van der Waals surface area contributed by atoms with Gasteiger partial charge in [0.25, 0.3) is 5.91 Å². The number of hydrogen-bond acceptors (Lipinski definition) is 11. The highest BCUT2D eigenvalue weighted by atomic mass is 16.5. The minimum Gasteiger partial charge on any atom is -0.492 e. The van der Waals surface area contributed by atoms with Crippen molar-refractivity contribution in [1.82, 2.24) is 39.2 Å². The zero-order chi connectivity index (χ0) is 33.4. The molecule has 0 spiro atoms. The molecule has 49 heavy (non-hydrogen) atoms. The van der Waals surface area contributed by atoms with Crippen LogP contribution in [-0.4, -0.2) is 111 Å². The Balaban J connectivity index is 1.01. The molecule has 2 aliphatic rings. The highest BCUT2D eigenvalue weighted by Crippen LogP contribution is 2.34. The van der Waals surface area contributed by atoms with Crippen LogP contribution in [0.3, 0.4) is 0 Å². The monoisotopic (exact) mass is 662 g/mol. The summed E-state index contributed by atoms with van der Waals surface area (Å²) in [6.07, 6.45) is 3.23. The molecule has 14 nitrogen and oxygen atoms in total. The van der Waals surface area contributed by atoms with Gasteiger partial charge >= 0.3 is 0 Å². The number of furan rings is 1. The molecule has 0 bridgehead atoms. The van der Waals surface area contributed by atoms with Crippen LogP contribution in [0.2, 0.25) is 0 Å². The van der Waals surface area contributed by atoms with Crippen LogP contribution in [0.4, 0.5) is 11.6 Å². The maximum Gasteiger partial charge on any atom is 0.255 e. The highest BCUT2D eigenvalue weighted by Gasteiger charge is 2.43. The van der Waals surface area contributed by atoms with E-state index in [2.05, 4.69) is 27.0 Å². The van der Waals surface area contributed by atoms with E-state index in [1.165, 1.54) is 4.52 Å². The Morgan fingerprint density at radius 1 is 0.918 bits per heavy atom. The molecule has 252 valence electrons. The third-order valence-electron chi connectivity index (χ3n) is 9.50. The minimum atomic E-state index is -1.22. The van der Waals surface area contributed by atoms with Crippen molar-refractivity contribution in [2.75, 3.05) is 76.3 Å². The molecule has 2 aliphatic heterocycles. The van der Waals surface area contributed by atoms with Gasteiger partial charge in [-0.15, -0.1) is 5.10 Å². The molecule has 0 aliphatic carbocycles. The summed E-state index contributed by atoms with van der Waals surface area (Å²) in [5.41, 5.74) is 8.00. The SMILES string of the molecule is C[C@@](C(=O)N1CCN(c2ccc(OCCN3CCOCC3)cc2)CC1)(c1ccccc1)n1ncc2c1nc(N)n1nc(-c3ccco3)nc21. The summed E-state index contributed by atoms with van der Waals surface area (Å²) in [5, 5.41) is 9.88. The van der Waals surface area contributed by atoms with Gasteiger partial charge in [0.1, 0.15) is 12.4 Å². The Hall–Kier alpha value is -5.47. The molecular formula is C35H38N10O4. The van der Waals surface area contributed by atoms with Crippen molar-refractivity contribution in [1.29, 1.82) is 0 Å². The van der Waals surface area contributed by atoms with E-state index in [-0.39, 0.29) is 11.9 Å². The topological polar surface area (TPSA) is 145 Å². The first-order chi connectivity index (χ1) is 24.0. The lowest BCUT2D eigenvalue weighted by atomic mass is 9.90. The van der Waals surface area contributed by atoms with E-state index in [0.717, 1.165) is 49.8 Å². The number of piperazine rings is 1. The van der Waals surface area contributed by atoms with E-state index in [1.807, 2.05) is 54.3 Å². The second kappa shape index (κ2) is 12.9. The molecule has 4 aromatic heterocycles. The maximum atomic E-state index is 14.7. The first kappa shape index (κ1) is 30.8. The first-order valence-electron chi connectivity index (χ1n) is 16.6. The number of hydrogen-bond donors (Lipinski definition) is 1. The number of morpholine rings is 1. The Bertz CT molecular complexity index is 2050. The summed E-state index contributed by atoms with van der Waals surface area (Å²) in [4.78, 5) is 30.6. The van der Waals surface area contributed by atoms with Gasteiger partial charge in [-0.25, -0.2) is 9.67 Å². The van der Waals surface area contributed by atoms with Crippen LogP contribution in [0.15, 0.2) is 83.6 Å². The quantitative estimate of drug-likeness (QED) is 0.244. The van der Waals surface area contributed by atoms with Crippen LogP contribution in [-0.2, 0) is 15.1 Å². The number of carbonyl (C=O) groups excluding carboxylic acids is 1. The van der Waals surface area contributed by atoms with E-state index >= 15 is 0 Å². The Labute approximate surface area is 282 Å². The molecule has 2 aromatic carbocycles. The number of amides is 1. The van der Waals surface area contributed by atoms with E-state index in [1.54, 1.807) is 29.3 Å². The highest BCUT2D eigenvalue weighted by molar-refractivity contribution is 5.94. The molecule has 14 heteroatoms. The summed E-state index contributed by atoms with van der Waals surface area (Å²) in [5.74, 6) is 1.79. The average molecular weight is 663 g/mol. The van der Waals surface area contributed by atoms with Crippen molar-refractivity contribution in [2.24, 2.45) is 0 Å². The molecule has 6 heterocycles. The van der Waals surface area contributed by atoms with Gasteiger partial charge < -0.3 is 29.4 Å². The first-order valence-corrected chi connectivity index (χ1v) is 16.6. The third-order valence-corrected chi connectivity index (χ3v) is 9.50. The molecular weight excluding hydrogens is 624 g/mol. The summed E-state index contributed by atoms with van der Waals surface area (Å²) in [7, 11) is 0. The number of rotatable bonds is 9. The van der Waals surface area contributed by atoms with Crippen LogP contribution in [0.1, 0.15) is 12.5 Å². The fourth-order valence-corrected chi connectivity index (χ4v) is 6.69. The third kappa shape index (κ3) is 5.72. The summed E-state index contributed by atoms with van der Waals surface area (Å²) in [6.45, 7) is 9.37.